The summed E-state index contributed by atoms with van der Waals surface area (Å²) in [5.41, 5.74) is 1.68. The average Bonchev–Trinajstić information content (AvgIpc) is 2.38. The minimum Gasteiger partial charge on any atom is -0.488 e. The van der Waals surface area contributed by atoms with Crippen LogP contribution in [0.25, 0.3) is 0 Å². The van der Waals surface area contributed by atoms with Crippen molar-refractivity contribution in [2.24, 2.45) is 0 Å². The van der Waals surface area contributed by atoms with Crippen LogP contribution in [0.5, 0.6) is 5.75 Å². The molecule has 0 aromatic heterocycles. The number of para-hydroxylation sites is 1. The highest BCUT2D eigenvalue weighted by molar-refractivity contribution is 9.10. The molecule has 0 heterocycles. The molecule has 0 aliphatic rings. The van der Waals surface area contributed by atoms with E-state index in [1.165, 1.54) is 0 Å². The largest absolute Gasteiger partial charge is 0.488 e. The maximum absolute atomic E-state index is 9.68. The van der Waals surface area contributed by atoms with Gasteiger partial charge in [-0.2, -0.15) is 0 Å². The van der Waals surface area contributed by atoms with Gasteiger partial charge in [0.2, 0.25) is 0 Å². The molecule has 19 heavy (non-hydrogen) atoms. The predicted molar refractivity (Wildman–Crippen MR) is 80.6 cm³/mol. The molecule has 0 radical (unpaired) electrons. The number of aliphatic hydroxyl groups excluding tert-OH is 1. The van der Waals surface area contributed by atoms with E-state index < -0.39 is 6.10 Å². The van der Waals surface area contributed by atoms with Gasteiger partial charge >= 0.3 is 0 Å². The fourth-order valence-electron chi connectivity index (χ4n) is 1.75. The SMILES string of the molecule is C[C@H](O)c1ccccc1OCc1ccc(Br)cc1Cl. The zero-order valence-corrected chi connectivity index (χ0v) is 12.8. The van der Waals surface area contributed by atoms with E-state index in [1.54, 1.807) is 6.92 Å². The zero-order chi connectivity index (χ0) is 13.8. The molecule has 0 fully saturated rings. The molecule has 0 saturated heterocycles. The molecule has 2 aromatic carbocycles. The van der Waals surface area contributed by atoms with Crippen LogP contribution in [0, 0.1) is 0 Å². The summed E-state index contributed by atoms with van der Waals surface area (Å²) in [5.74, 6) is 0.677. The van der Waals surface area contributed by atoms with Crippen molar-refractivity contribution < 1.29 is 9.84 Å². The summed E-state index contributed by atoms with van der Waals surface area (Å²) in [7, 11) is 0. The van der Waals surface area contributed by atoms with E-state index in [4.69, 9.17) is 16.3 Å². The van der Waals surface area contributed by atoms with Gasteiger partial charge in [0.15, 0.2) is 0 Å². The molecular weight excluding hydrogens is 328 g/mol. The first kappa shape index (κ1) is 14.4. The van der Waals surface area contributed by atoms with E-state index >= 15 is 0 Å². The number of hydrogen-bond acceptors (Lipinski definition) is 2. The molecule has 100 valence electrons. The minimum atomic E-state index is -0.559. The van der Waals surface area contributed by atoms with Gasteiger partial charge in [-0.25, -0.2) is 0 Å². The molecular formula is C15H14BrClO2. The molecule has 2 aromatic rings. The Morgan fingerprint density at radius 1 is 1.26 bits per heavy atom. The second kappa shape index (κ2) is 6.42. The van der Waals surface area contributed by atoms with Gasteiger partial charge in [-0.1, -0.05) is 51.8 Å². The van der Waals surface area contributed by atoms with Crippen molar-refractivity contribution >= 4 is 27.5 Å². The van der Waals surface area contributed by atoms with Crippen molar-refractivity contribution in [3.05, 3.63) is 63.1 Å². The first-order chi connectivity index (χ1) is 9.08. The van der Waals surface area contributed by atoms with E-state index in [9.17, 15) is 5.11 Å². The van der Waals surface area contributed by atoms with E-state index in [0.717, 1.165) is 15.6 Å². The van der Waals surface area contributed by atoms with Crippen LogP contribution in [-0.4, -0.2) is 5.11 Å². The molecule has 4 heteroatoms. The van der Waals surface area contributed by atoms with Gasteiger partial charge in [-0.05, 0) is 25.1 Å². The highest BCUT2D eigenvalue weighted by Gasteiger charge is 2.09. The van der Waals surface area contributed by atoms with Crippen LogP contribution in [-0.2, 0) is 6.61 Å². The molecule has 1 atom stereocenters. The summed E-state index contributed by atoms with van der Waals surface area (Å²) in [6.07, 6.45) is -0.559. The van der Waals surface area contributed by atoms with E-state index in [2.05, 4.69) is 15.9 Å². The molecule has 2 rings (SSSR count). The lowest BCUT2D eigenvalue weighted by Gasteiger charge is -2.13. The average molecular weight is 342 g/mol. The van der Waals surface area contributed by atoms with Crippen LogP contribution in [0.2, 0.25) is 5.02 Å². The Bertz CT molecular complexity index is 570. The zero-order valence-electron chi connectivity index (χ0n) is 10.4. The number of halogens is 2. The Kier molecular flexibility index (Phi) is 4.86. The second-order valence-electron chi connectivity index (χ2n) is 4.24. The lowest BCUT2D eigenvalue weighted by molar-refractivity contribution is 0.190. The Balaban J connectivity index is 2.14. The summed E-state index contributed by atoms with van der Waals surface area (Å²) in [6, 6.07) is 13.1. The van der Waals surface area contributed by atoms with Crippen LogP contribution in [0.4, 0.5) is 0 Å². The molecule has 1 N–H and O–H groups in total. The first-order valence-electron chi connectivity index (χ1n) is 5.91. The maximum atomic E-state index is 9.68. The van der Waals surface area contributed by atoms with E-state index in [1.807, 2.05) is 42.5 Å². The topological polar surface area (TPSA) is 29.5 Å². The standard InChI is InChI=1S/C15H14BrClO2/c1-10(18)13-4-2-3-5-15(13)19-9-11-6-7-12(16)8-14(11)17/h2-8,10,18H,9H2,1H3/t10-/m0/s1. The van der Waals surface area contributed by atoms with Gasteiger partial charge < -0.3 is 9.84 Å². The van der Waals surface area contributed by atoms with Crippen LogP contribution in [0.1, 0.15) is 24.2 Å². The smallest absolute Gasteiger partial charge is 0.125 e. The summed E-state index contributed by atoms with van der Waals surface area (Å²) in [4.78, 5) is 0. The van der Waals surface area contributed by atoms with Gasteiger partial charge in [0, 0.05) is 20.6 Å². The van der Waals surface area contributed by atoms with Crippen molar-refractivity contribution in [1.82, 2.24) is 0 Å². The fourth-order valence-corrected chi connectivity index (χ4v) is 2.48. The Labute approximate surface area is 126 Å². The normalized spacial score (nSPS) is 12.2. The fraction of sp³-hybridized carbons (Fsp3) is 0.200. The van der Waals surface area contributed by atoms with Gasteiger partial charge in [0.25, 0.3) is 0 Å². The monoisotopic (exact) mass is 340 g/mol. The van der Waals surface area contributed by atoms with Crippen molar-refractivity contribution in [3.63, 3.8) is 0 Å². The lowest BCUT2D eigenvalue weighted by atomic mass is 10.1. The van der Waals surface area contributed by atoms with Crippen molar-refractivity contribution in [2.45, 2.75) is 19.6 Å². The van der Waals surface area contributed by atoms with E-state index in [-0.39, 0.29) is 0 Å². The number of aliphatic hydroxyl groups is 1. The van der Waals surface area contributed by atoms with Crippen LogP contribution >= 0.6 is 27.5 Å². The summed E-state index contributed by atoms with van der Waals surface area (Å²) in [5, 5.41) is 10.3. The Morgan fingerprint density at radius 3 is 2.68 bits per heavy atom. The number of benzene rings is 2. The molecule has 0 unspecified atom stereocenters. The Morgan fingerprint density at radius 2 is 2.00 bits per heavy atom. The molecule has 0 saturated carbocycles. The van der Waals surface area contributed by atoms with Crippen molar-refractivity contribution in [1.29, 1.82) is 0 Å². The van der Waals surface area contributed by atoms with Gasteiger partial charge in [0.05, 0.1) is 6.10 Å². The third kappa shape index (κ3) is 3.72. The number of ether oxygens (including phenoxy) is 1. The minimum absolute atomic E-state index is 0.371. The van der Waals surface area contributed by atoms with Gasteiger partial charge in [-0.3, -0.25) is 0 Å². The van der Waals surface area contributed by atoms with Crippen LogP contribution in [0.15, 0.2) is 46.9 Å². The van der Waals surface area contributed by atoms with Crippen molar-refractivity contribution in [2.75, 3.05) is 0 Å². The van der Waals surface area contributed by atoms with E-state index in [0.29, 0.717) is 17.4 Å². The summed E-state index contributed by atoms with van der Waals surface area (Å²) >= 11 is 9.50. The van der Waals surface area contributed by atoms with Crippen LogP contribution in [0.3, 0.4) is 0 Å². The summed E-state index contributed by atoms with van der Waals surface area (Å²) < 4.78 is 6.68. The maximum Gasteiger partial charge on any atom is 0.125 e. The number of rotatable bonds is 4. The highest BCUT2D eigenvalue weighted by atomic mass is 79.9. The summed E-state index contributed by atoms with van der Waals surface area (Å²) in [6.45, 7) is 2.09. The molecule has 0 aliphatic carbocycles. The molecule has 2 nitrogen and oxygen atoms in total. The lowest BCUT2D eigenvalue weighted by Crippen LogP contribution is -2.01. The first-order valence-corrected chi connectivity index (χ1v) is 7.08. The van der Waals surface area contributed by atoms with Gasteiger partial charge in [-0.15, -0.1) is 0 Å². The second-order valence-corrected chi connectivity index (χ2v) is 5.56. The molecule has 0 aliphatic heterocycles. The third-order valence-corrected chi connectivity index (χ3v) is 3.61. The van der Waals surface area contributed by atoms with Crippen molar-refractivity contribution in [3.8, 4) is 5.75 Å². The highest BCUT2D eigenvalue weighted by Crippen LogP contribution is 2.27. The number of hydrogen-bond donors (Lipinski definition) is 1. The molecule has 0 amide bonds. The van der Waals surface area contributed by atoms with Gasteiger partial charge in [0.1, 0.15) is 12.4 Å². The third-order valence-electron chi connectivity index (χ3n) is 2.77. The predicted octanol–water partition coefficient (Wildman–Crippen LogP) is 4.73. The molecule has 0 bridgehead atoms. The Hall–Kier alpha value is -1.03. The molecule has 0 spiro atoms. The quantitative estimate of drug-likeness (QED) is 0.870. The van der Waals surface area contributed by atoms with Crippen LogP contribution < -0.4 is 4.74 Å².